The maximum absolute atomic E-state index is 12.3. The molecule has 1 saturated carbocycles. The molecular formula is C15H21N3O. The quantitative estimate of drug-likeness (QED) is 0.712. The van der Waals surface area contributed by atoms with Gasteiger partial charge in [-0.25, -0.2) is 4.79 Å². The maximum Gasteiger partial charge on any atom is 0.325 e. The van der Waals surface area contributed by atoms with E-state index in [1.54, 1.807) is 4.90 Å². The lowest BCUT2D eigenvalue weighted by molar-refractivity contribution is 0.163. The van der Waals surface area contributed by atoms with Gasteiger partial charge in [0, 0.05) is 20.6 Å². The van der Waals surface area contributed by atoms with Gasteiger partial charge in [-0.2, -0.15) is 0 Å². The monoisotopic (exact) mass is 259 g/mol. The highest BCUT2D eigenvalue weighted by molar-refractivity contribution is 6.02. The molecule has 0 bridgehead atoms. The van der Waals surface area contributed by atoms with E-state index in [1.807, 2.05) is 25.9 Å². The normalized spacial score (nSPS) is 32.2. The van der Waals surface area contributed by atoms with Gasteiger partial charge in [-0.1, -0.05) is 12.2 Å². The van der Waals surface area contributed by atoms with Crippen LogP contribution in [-0.2, 0) is 0 Å². The van der Waals surface area contributed by atoms with Crippen molar-refractivity contribution >= 4 is 11.9 Å². The van der Waals surface area contributed by atoms with Crippen molar-refractivity contribution in [2.75, 3.05) is 20.6 Å². The minimum absolute atomic E-state index is 0.0418. The molecular weight excluding hydrogens is 238 g/mol. The third-order valence-electron chi connectivity index (χ3n) is 4.42. The zero-order valence-electron chi connectivity index (χ0n) is 11.9. The Morgan fingerprint density at radius 3 is 2.63 bits per heavy atom. The standard InChI is InChI=1S/C15H21N3O/c1-4-16-14-12-8-10-6-5-7-11(10)9-13(12)17(2)15(19)18(14)3/h8-9,12-13H,4-7H2,1-3H3/t12-,13+/m1/s1. The van der Waals surface area contributed by atoms with Gasteiger partial charge in [-0.15, -0.1) is 0 Å². The summed E-state index contributed by atoms with van der Waals surface area (Å²) >= 11 is 0. The van der Waals surface area contributed by atoms with Crippen LogP contribution in [-0.4, -0.2) is 48.3 Å². The fraction of sp³-hybridized carbons (Fsp3) is 0.600. The molecule has 3 aliphatic rings. The highest BCUT2D eigenvalue weighted by Gasteiger charge is 2.41. The van der Waals surface area contributed by atoms with Crippen molar-refractivity contribution in [1.82, 2.24) is 9.80 Å². The molecule has 0 aromatic carbocycles. The molecule has 0 spiro atoms. The van der Waals surface area contributed by atoms with Crippen molar-refractivity contribution in [2.45, 2.75) is 32.2 Å². The van der Waals surface area contributed by atoms with Crippen LogP contribution in [0.1, 0.15) is 26.2 Å². The number of hydrogen-bond acceptors (Lipinski definition) is 2. The molecule has 4 nitrogen and oxygen atoms in total. The summed E-state index contributed by atoms with van der Waals surface area (Å²) in [6.45, 7) is 2.74. The van der Waals surface area contributed by atoms with Crippen LogP contribution >= 0.6 is 0 Å². The second-order valence-electron chi connectivity index (χ2n) is 5.54. The Morgan fingerprint density at radius 1 is 1.26 bits per heavy atom. The number of allylic oxidation sites excluding steroid dienone is 2. The van der Waals surface area contributed by atoms with Gasteiger partial charge in [0.05, 0.1) is 12.0 Å². The van der Waals surface area contributed by atoms with E-state index >= 15 is 0 Å². The van der Waals surface area contributed by atoms with E-state index in [-0.39, 0.29) is 18.0 Å². The van der Waals surface area contributed by atoms with Crippen LogP contribution in [0.2, 0.25) is 0 Å². The third-order valence-corrected chi connectivity index (χ3v) is 4.42. The molecule has 4 heteroatoms. The van der Waals surface area contributed by atoms with E-state index in [9.17, 15) is 4.79 Å². The van der Waals surface area contributed by atoms with Crippen molar-refractivity contribution in [3.8, 4) is 0 Å². The fourth-order valence-corrected chi connectivity index (χ4v) is 3.44. The van der Waals surface area contributed by atoms with Crippen molar-refractivity contribution in [2.24, 2.45) is 10.9 Å². The molecule has 0 radical (unpaired) electrons. The average Bonchev–Trinajstić information content (AvgIpc) is 2.87. The fourth-order valence-electron chi connectivity index (χ4n) is 3.44. The number of hydrogen-bond donors (Lipinski definition) is 0. The molecule has 1 saturated heterocycles. The predicted octanol–water partition coefficient (Wildman–Crippen LogP) is 2.44. The lowest BCUT2D eigenvalue weighted by Crippen LogP contribution is -2.58. The number of carbonyl (C=O) groups is 1. The zero-order valence-corrected chi connectivity index (χ0v) is 11.9. The smallest absolute Gasteiger partial charge is 0.320 e. The van der Waals surface area contributed by atoms with Gasteiger partial charge in [0.25, 0.3) is 0 Å². The van der Waals surface area contributed by atoms with E-state index in [0.29, 0.717) is 0 Å². The molecule has 2 atom stereocenters. The van der Waals surface area contributed by atoms with Gasteiger partial charge in [-0.3, -0.25) is 9.89 Å². The van der Waals surface area contributed by atoms with Crippen LogP contribution in [0.15, 0.2) is 28.3 Å². The van der Waals surface area contributed by atoms with E-state index in [4.69, 9.17) is 0 Å². The maximum atomic E-state index is 12.3. The van der Waals surface area contributed by atoms with Gasteiger partial charge in [0.1, 0.15) is 5.84 Å². The first kappa shape index (κ1) is 12.5. The number of likely N-dealkylation sites (N-methyl/N-ethyl adjacent to an activating group) is 1. The summed E-state index contributed by atoms with van der Waals surface area (Å²) in [7, 11) is 3.72. The van der Waals surface area contributed by atoms with Gasteiger partial charge in [0.15, 0.2) is 0 Å². The van der Waals surface area contributed by atoms with E-state index in [1.165, 1.54) is 24.0 Å². The number of carbonyl (C=O) groups excluding carboxylic acids is 1. The zero-order chi connectivity index (χ0) is 13.6. The molecule has 3 rings (SSSR count). The molecule has 2 aliphatic carbocycles. The first-order chi connectivity index (χ1) is 9.13. The summed E-state index contributed by atoms with van der Waals surface area (Å²) in [5, 5.41) is 0. The summed E-state index contributed by atoms with van der Waals surface area (Å²) < 4.78 is 0. The molecule has 2 fully saturated rings. The van der Waals surface area contributed by atoms with Crippen LogP contribution in [0.4, 0.5) is 4.79 Å². The molecule has 19 heavy (non-hydrogen) atoms. The number of aliphatic imine (C=N–C) groups is 1. The van der Waals surface area contributed by atoms with Gasteiger partial charge in [-0.05, 0) is 37.3 Å². The Morgan fingerprint density at radius 2 is 1.95 bits per heavy atom. The van der Waals surface area contributed by atoms with Crippen LogP contribution in [0.5, 0.6) is 0 Å². The molecule has 1 aliphatic heterocycles. The number of rotatable bonds is 1. The highest BCUT2D eigenvalue weighted by Crippen LogP contribution is 2.39. The Balaban J connectivity index is 2.04. The molecule has 0 aromatic rings. The number of fused-ring (bicyclic) bond motifs is 2. The highest BCUT2D eigenvalue weighted by atomic mass is 16.2. The first-order valence-corrected chi connectivity index (χ1v) is 7.10. The second kappa shape index (κ2) is 4.51. The van der Waals surface area contributed by atoms with Crippen molar-refractivity contribution < 1.29 is 4.79 Å². The number of nitrogens with zero attached hydrogens (tertiary/aromatic N) is 3. The predicted molar refractivity (Wildman–Crippen MR) is 76.2 cm³/mol. The Labute approximate surface area is 114 Å². The minimum Gasteiger partial charge on any atom is -0.320 e. The number of amides is 2. The molecule has 102 valence electrons. The number of amidine groups is 1. The van der Waals surface area contributed by atoms with Gasteiger partial charge < -0.3 is 4.90 Å². The van der Waals surface area contributed by atoms with Crippen LogP contribution in [0.3, 0.4) is 0 Å². The van der Waals surface area contributed by atoms with E-state index in [0.717, 1.165) is 18.8 Å². The summed E-state index contributed by atoms with van der Waals surface area (Å²) in [5.41, 5.74) is 2.92. The Bertz CT molecular complexity index is 504. The van der Waals surface area contributed by atoms with Crippen molar-refractivity contribution in [1.29, 1.82) is 0 Å². The van der Waals surface area contributed by atoms with E-state index in [2.05, 4.69) is 17.1 Å². The van der Waals surface area contributed by atoms with Crippen LogP contribution < -0.4 is 0 Å². The molecule has 0 unspecified atom stereocenters. The molecule has 1 heterocycles. The second-order valence-corrected chi connectivity index (χ2v) is 5.54. The topological polar surface area (TPSA) is 35.9 Å². The Kier molecular flexibility index (Phi) is 2.96. The van der Waals surface area contributed by atoms with Crippen LogP contribution in [0, 0.1) is 5.92 Å². The summed E-state index contributed by atoms with van der Waals surface area (Å²) in [6, 6.07) is 0.186. The molecule has 0 N–H and O–H groups in total. The molecule has 2 amide bonds. The summed E-state index contributed by atoms with van der Waals surface area (Å²) in [4.78, 5) is 20.4. The number of urea groups is 1. The van der Waals surface area contributed by atoms with Crippen LogP contribution in [0.25, 0.3) is 0 Å². The first-order valence-electron chi connectivity index (χ1n) is 7.10. The SMILES string of the molecule is CCN=C1[C@@H]2C=C3CCCC3=C[C@@H]2N(C)C(=O)N1C. The van der Waals surface area contributed by atoms with Crippen molar-refractivity contribution in [3.63, 3.8) is 0 Å². The van der Waals surface area contributed by atoms with Gasteiger partial charge >= 0.3 is 6.03 Å². The summed E-state index contributed by atoms with van der Waals surface area (Å²) in [5.74, 6) is 1.15. The average molecular weight is 259 g/mol. The van der Waals surface area contributed by atoms with Gasteiger partial charge in [0.2, 0.25) is 0 Å². The minimum atomic E-state index is 0.0418. The summed E-state index contributed by atoms with van der Waals surface area (Å²) in [6.07, 6.45) is 8.22. The van der Waals surface area contributed by atoms with Crippen molar-refractivity contribution in [3.05, 3.63) is 23.3 Å². The lowest BCUT2D eigenvalue weighted by atomic mass is 9.84. The Hall–Kier alpha value is -1.58. The third kappa shape index (κ3) is 1.81. The largest absolute Gasteiger partial charge is 0.325 e. The van der Waals surface area contributed by atoms with E-state index < -0.39 is 0 Å². The lowest BCUT2D eigenvalue weighted by Gasteiger charge is -2.43. The molecule has 0 aromatic heterocycles.